The summed E-state index contributed by atoms with van der Waals surface area (Å²) in [5, 5.41) is 3.89. The molecule has 2 aliphatic heterocycles. The Balaban J connectivity index is 1.46. The summed E-state index contributed by atoms with van der Waals surface area (Å²) in [5.74, 6) is 2.08. The van der Waals surface area contributed by atoms with Crippen molar-refractivity contribution >= 4 is 5.91 Å². The molecule has 1 aromatic heterocycles. The summed E-state index contributed by atoms with van der Waals surface area (Å²) in [6, 6.07) is 0.854. The zero-order chi connectivity index (χ0) is 13.9. The Morgan fingerprint density at radius 2 is 1.80 bits per heavy atom. The molecule has 1 aliphatic carbocycles. The molecule has 2 atom stereocenters. The predicted octanol–water partition coefficient (Wildman–Crippen LogP) is 1.46. The molecule has 1 aromatic rings. The van der Waals surface area contributed by atoms with Crippen LogP contribution in [0.5, 0.6) is 0 Å². The smallest absolute Gasteiger partial charge is 0.259 e. The van der Waals surface area contributed by atoms with Gasteiger partial charge in [0.05, 0.1) is 5.69 Å². The Morgan fingerprint density at radius 1 is 1.15 bits per heavy atom. The Morgan fingerprint density at radius 3 is 2.30 bits per heavy atom. The van der Waals surface area contributed by atoms with Crippen molar-refractivity contribution in [2.45, 2.75) is 32.7 Å². The average Bonchev–Trinajstić information content (AvgIpc) is 2.94. The first-order chi connectivity index (χ1) is 9.63. The van der Waals surface area contributed by atoms with Crippen LogP contribution in [0.2, 0.25) is 0 Å². The normalized spacial score (nSPS) is 30.0. The van der Waals surface area contributed by atoms with E-state index in [4.69, 9.17) is 4.52 Å². The minimum atomic E-state index is 0.105. The van der Waals surface area contributed by atoms with Crippen LogP contribution in [-0.4, -0.2) is 53.1 Å². The highest BCUT2D eigenvalue weighted by molar-refractivity contribution is 5.96. The van der Waals surface area contributed by atoms with E-state index in [-0.39, 0.29) is 5.91 Å². The van der Waals surface area contributed by atoms with E-state index in [1.54, 1.807) is 0 Å². The number of likely N-dealkylation sites (tertiary alicyclic amines) is 2. The van der Waals surface area contributed by atoms with Gasteiger partial charge in [-0.1, -0.05) is 5.16 Å². The van der Waals surface area contributed by atoms with Crippen LogP contribution in [0.25, 0.3) is 0 Å². The quantitative estimate of drug-likeness (QED) is 0.820. The predicted molar refractivity (Wildman–Crippen MR) is 73.5 cm³/mol. The van der Waals surface area contributed by atoms with E-state index in [9.17, 15) is 4.79 Å². The lowest BCUT2D eigenvalue weighted by atomic mass is 10.0. The number of nitrogens with zero attached hydrogens (tertiary/aromatic N) is 3. The fraction of sp³-hybridized carbons (Fsp3) is 0.733. The molecule has 1 saturated carbocycles. The molecular weight excluding hydrogens is 254 g/mol. The number of fused-ring (bicyclic) bond motifs is 1. The number of aryl methyl sites for hydroxylation is 2. The monoisotopic (exact) mass is 275 g/mol. The SMILES string of the molecule is Cc1noc(C)c1C(=O)N1CC2CN(C3CC3)CC2C1. The maximum atomic E-state index is 12.6. The second-order valence-electron chi connectivity index (χ2n) is 6.61. The van der Waals surface area contributed by atoms with Gasteiger partial charge in [-0.05, 0) is 38.5 Å². The molecule has 0 bridgehead atoms. The third-order valence-electron chi connectivity index (χ3n) is 5.11. The van der Waals surface area contributed by atoms with Crippen molar-refractivity contribution in [2.75, 3.05) is 26.2 Å². The third kappa shape index (κ3) is 1.87. The van der Waals surface area contributed by atoms with Crippen molar-refractivity contribution in [1.29, 1.82) is 0 Å². The van der Waals surface area contributed by atoms with Crippen molar-refractivity contribution in [3.05, 3.63) is 17.0 Å². The van der Waals surface area contributed by atoms with E-state index in [1.807, 2.05) is 18.7 Å². The fourth-order valence-electron chi connectivity index (χ4n) is 3.88. The number of hydrogen-bond donors (Lipinski definition) is 0. The highest BCUT2D eigenvalue weighted by Crippen LogP contribution is 2.38. The molecule has 4 rings (SSSR count). The van der Waals surface area contributed by atoms with Gasteiger partial charge in [0.2, 0.25) is 0 Å². The molecule has 0 aromatic carbocycles. The molecule has 20 heavy (non-hydrogen) atoms. The van der Waals surface area contributed by atoms with Crippen LogP contribution in [0.1, 0.15) is 34.7 Å². The van der Waals surface area contributed by atoms with Gasteiger partial charge in [0.25, 0.3) is 5.91 Å². The van der Waals surface area contributed by atoms with Crippen molar-refractivity contribution in [1.82, 2.24) is 15.0 Å². The van der Waals surface area contributed by atoms with Gasteiger partial charge < -0.3 is 9.42 Å². The van der Waals surface area contributed by atoms with E-state index in [1.165, 1.54) is 25.9 Å². The van der Waals surface area contributed by atoms with E-state index in [0.29, 0.717) is 28.9 Å². The molecule has 3 heterocycles. The van der Waals surface area contributed by atoms with Crippen LogP contribution in [0, 0.1) is 25.7 Å². The van der Waals surface area contributed by atoms with Crippen molar-refractivity contribution in [3.8, 4) is 0 Å². The van der Waals surface area contributed by atoms with Crippen LogP contribution in [-0.2, 0) is 0 Å². The molecule has 108 valence electrons. The minimum Gasteiger partial charge on any atom is -0.361 e. The molecule has 5 heteroatoms. The summed E-state index contributed by atoms with van der Waals surface area (Å²) in [7, 11) is 0. The number of aromatic nitrogens is 1. The van der Waals surface area contributed by atoms with Crippen LogP contribution in [0.3, 0.4) is 0 Å². The summed E-state index contributed by atoms with van der Waals surface area (Å²) in [6.07, 6.45) is 2.75. The fourth-order valence-corrected chi connectivity index (χ4v) is 3.88. The summed E-state index contributed by atoms with van der Waals surface area (Å²) < 4.78 is 5.12. The van der Waals surface area contributed by atoms with Gasteiger partial charge in [-0.15, -0.1) is 0 Å². The number of carbonyl (C=O) groups excluding carboxylic acids is 1. The number of amides is 1. The standard InChI is InChI=1S/C15H21N3O2/c1-9-14(10(2)20-16-9)15(19)18-7-11-5-17(13-3-4-13)6-12(11)8-18/h11-13H,3-8H2,1-2H3. The van der Waals surface area contributed by atoms with Crippen LogP contribution in [0.4, 0.5) is 0 Å². The second-order valence-corrected chi connectivity index (χ2v) is 6.61. The van der Waals surface area contributed by atoms with Gasteiger partial charge in [0.15, 0.2) is 0 Å². The van der Waals surface area contributed by atoms with Crippen molar-refractivity contribution in [2.24, 2.45) is 11.8 Å². The van der Waals surface area contributed by atoms with Gasteiger partial charge in [0, 0.05) is 32.2 Å². The second kappa shape index (κ2) is 4.32. The maximum Gasteiger partial charge on any atom is 0.259 e. The maximum absolute atomic E-state index is 12.6. The number of carbonyl (C=O) groups is 1. The van der Waals surface area contributed by atoms with E-state index >= 15 is 0 Å². The van der Waals surface area contributed by atoms with Crippen LogP contribution in [0.15, 0.2) is 4.52 Å². The highest BCUT2D eigenvalue weighted by atomic mass is 16.5. The summed E-state index contributed by atoms with van der Waals surface area (Å²) in [5.41, 5.74) is 1.38. The van der Waals surface area contributed by atoms with Gasteiger partial charge in [-0.2, -0.15) is 0 Å². The third-order valence-corrected chi connectivity index (χ3v) is 5.11. The summed E-state index contributed by atoms with van der Waals surface area (Å²) >= 11 is 0. The van der Waals surface area contributed by atoms with E-state index in [0.717, 1.165) is 19.1 Å². The van der Waals surface area contributed by atoms with Gasteiger partial charge in [0.1, 0.15) is 11.3 Å². The molecule has 3 fully saturated rings. The average molecular weight is 275 g/mol. The Bertz CT molecular complexity index is 516. The highest BCUT2D eigenvalue weighted by Gasteiger charge is 2.45. The molecule has 0 N–H and O–H groups in total. The Labute approximate surface area is 118 Å². The first kappa shape index (κ1) is 12.4. The summed E-state index contributed by atoms with van der Waals surface area (Å²) in [6.45, 7) is 7.82. The number of hydrogen-bond acceptors (Lipinski definition) is 4. The van der Waals surface area contributed by atoms with Gasteiger partial charge in [-0.3, -0.25) is 9.69 Å². The minimum absolute atomic E-state index is 0.105. The molecular formula is C15H21N3O2. The summed E-state index contributed by atoms with van der Waals surface area (Å²) in [4.78, 5) is 17.3. The zero-order valence-electron chi connectivity index (χ0n) is 12.1. The zero-order valence-corrected chi connectivity index (χ0v) is 12.1. The first-order valence-corrected chi connectivity index (χ1v) is 7.59. The van der Waals surface area contributed by atoms with Crippen LogP contribution < -0.4 is 0 Å². The molecule has 0 spiro atoms. The lowest BCUT2D eigenvalue weighted by Gasteiger charge is -2.21. The first-order valence-electron chi connectivity index (χ1n) is 7.59. The Hall–Kier alpha value is -1.36. The van der Waals surface area contributed by atoms with Crippen LogP contribution >= 0.6 is 0 Å². The van der Waals surface area contributed by atoms with E-state index in [2.05, 4.69) is 10.1 Å². The van der Waals surface area contributed by atoms with Crippen molar-refractivity contribution < 1.29 is 9.32 Å². The largest absolute Gasteiger partial charge is 0.361 e. The molecule has 5 nitrogen and oxygen atoms in total. The molecule has 1 amide bonds. The lowest BCUT2D eigenvalue weighted by molar-refractivity contribution is 0.0771. The van der Waals surface area contributed by atoms with E-state index < -0.39 is 0 Å². The molecule has 3 aliphatic rings. The van der Waals surface area contributed by atoms with Gasteiger partial charge >= 0.3 is 0 Å². The molecule has 0 radical (unpaired) electrons. The number of rotatable bonds is 2. The van der Waals surface area contributed by atoms with Gasteiger partial charge in [-0.25, -0.2) is 0 Å². The lowest BCUT2D eigenvalue weighted by Crippen LogP contribution is -2.34. The molecule has 2 saturated heterocycles. The van der Waals surface area contributed by atoms with Crippen molar-refractivity contribution in [3.63, 3.8) is 0 Å². The Kier molecular flexibility index (Phi) is 2.67. The molecule has 2 unspecified atom stereocenters. The topological polar surface area (TPSA) is 49.6 Å².